The van der Waals surface area contributed by atoms with E-state index in [1.807, 2.05) is 0 Å². The molecule has 0 heterocycles. The second-order valence-electron chi connectivity index (χ2n) is 5.18. The van der Waals surface area contributed by atoms with Crippen molar-refractivity contribution < 1.29 is 0 Å². The normalized spacial score (nSPS) is 25.1. The smallest absolute Gasteiger partial charge is 0.0431 e. The van der Waals surface area contributed by atoms with Gasteiger partial charge in [0.25, 0.3) is 0 Å². The third-order valence-electron chi connectivity index (χ3n) is 4.08. The van der Waals surface area contributed by atoms with Crippen molar-refractivity contribution in [2.24, 2.45) is 16.7 Å². The van der Waals surface area contributed by atoms with Crippen molar-refractivity contribution >= 4 is 23.2 Å². The van der Waals surface area contributed by atoms with Gasteiger partial charge in [0, 0.05) is 17.1 Å². The van der Waals surface area contributed by atoms with Crippen molar-refractivity contribution in [2.75, 3.05) is 13.1 Å². The van der Waals surface area contributed by atoms with Gasteiger partial charge in [-0.2, -0.15) is 0 Å². The second kappa shape index (κ2) is 4.03. The van der Waals surface area contributed by atoms with Crippen molar-refractivity contribution in [3.05, 3.63) is 10.6 Å². The van der Waals surface area contributed by atoms with E-state index in [2.05, 4.69) is 33.0 Å². The number of halogens is 2. The third-order valence-corrected chi connectivity index (χ3v) is 4.70. The Hall–Kier alpha value is 0.280. The van der Waals surface area contributed by atoms with Crippen molar-refractivity contribution in [3.8, 4) is 0 Å². The Labute approximate surface area is 96.8 Å². The summed E-state index contributed by atoms with van der Waals surface area (Å²) in [5, 5.41) is 3.99. The molecule has 0 aromatic rings. The predicted molar refractivity (Wildman–Crippen MR) is 63.7 cm³/mol. The molecule has 82 valence electrons. The van der Waals surface area contributed by atoms with E-state index in [9.17, 15) is 0 Å². The van der Waals surface area contributed by atoms with Gasteiger partial charge in [0.1, 0.15) is 0 Å². The van der Waals surface area contributed by atoms with E-state index in [0.29, 0.717) is 22.4 Å². The van der Waals surface area contributed by atoms with Crippen LogP contribution in [0.3, 0.4) is 0 Å². The van der Waals surface area contributed by atoms with Crippen molar-refractivity contribution in [1.82, 2.24) is 5.32 Å². The average Bonchev–Trinajstić information content (AvgIpc) is 2.47. The zero-order valence-corrected chi connectivity index (χ0v) is 10.8. The first kappa shape index (κ1) is 12.4. The lowest BCUT2D eigenvalue weighted by atomic mass is 10.0. The van der Waals surface area contributed by atoms with Gasteiger partial charge in [-0.15, -0.1) is 0 Å². The monoisotopic (exact) mass is 235 g/mol. The van der Waals surface area contributed by atoms with Gasteiger partial charge in [0.15, 0.2) is 0 Å². The molecule has 1 aliphatic carbocycles. The van der Waals surface area contributed by atoms with Crippen LogP contribution in [0.15, 0.2) is 10.6 Å². The summed E-state index contributed by atoms with van der Waals surface area (Å²) in [4.78, 5) is 0. The quantitative estimate of drug-likeness (QED) is 0.786. The van der Waals surface area contributed by atoms with Crippen LogP contribution in [0.1, 0.15) is 27.7 Å². The lowest BCUT2D eigenvalue weighted by Crippen LogP contribution is -2.20. The first-order valence-corrected chi connectivity index (χ1v) is 5.81. The summed E-state index contributed by atoms with van der Waals surface area (Å²) in [7, 11) is 0. The molecule has 0 radical (unpaired) electrons. The van der Waals surface area contributed by atoms with Gasteiger partial charge >= 0.3 is 0 Å². The molecule has 1 fully saturated rings. The van der Waals surface area contributed by atoms with Gasteiger partial charge in [0.2, 0.25) is 0 Å². The molecule has 1 aliphatic rings. The van der Waals surface area contributed by atoms with Gasteiger partial charge in [-0.25, -0.2) is 0 Å². The molecular formula is C11H19Cl2N. The van der Waals surface area contributed by atoms with Crippen LogP contribution < -0.4 is 5.32 Å². The maximum Gasteiger partial charge on any atom is 0.0431 e. The van der Waals surface area contributed by atoms with Crippen molar-refractivity contribution in [2.45, 2.75) is 27.7 Å². The molecule has 1 N–H and O–H groups in total. The summed E-state index contributed by atoms with van der Waals surface area (Å²) in [5.74, 6) is 0.731. The molecule has 0 atom stereocenters. The minimum absolute atomic E-state index is 0.442. The fourth-order valence-corrected chi connectivity index (χ4v) is 2.39. The molecule has 0 amide bonds. The van der Waals surface area contributed by atoms with Crippen LogP contribution in [0, 0.1) is 16.7 Å². The maximum absolute atomic E-state index is 5.78. The van der Waals surface area contributed by atoms with Crippen LogP contribution in [0.4, 0.5) is 0 Å². The first-order chi connectivity index (χ1) is 6.34. The highest BCUT2D eigenvalue weighted by molar-refractivity contribution is 6.36. The van der Waals surface area contributed by atoms with Crippen LogP contribution >= 0.6 is 23.2 Å². The molecular weight excluding hydrogens is 217 g/mol. The zero-order chi connectivity index (χ0) is 11.0. The van der Waals surface area contributed by atoms with E-state index in [1.165, 1.54) is 5.54 Å². The van der Waals surface area contributed by atoms with E-state index in [1.54, 1.807) is 0 Å². The first-order valence-electron chi connectivity index (χ1n) is 4.99. The molecule has 0 aromatic carbocycles. The van der Waals surface area contributed by atoms with Crippen LogP contribution in [0.2, 0.25) is 0 Å². The summed E-state index contributed by atoms with van der Waals surface area (Å²) < 4.78 is 0. The molecule has 1 saturated carbocycles. The van der Waals surface area contributed by atoms with Crippen LogP contribution in [0.25, 0.3) is 0 Å². The third kappa shape index (κ3) is 2.10. The topological polar surface area (TPSA) is 12.0 Å². The predicted octanol–water partition coefficient (Wildman–Crippen LogP) is 3.58. The average molecular weight is 236 g/mol. The lowest BCUT2D eigenvalue weighted by Gasteiger charge is -2.04. The standard InChI is InChI=1S/C11H19Cl2N/c1-10(2)9(11(10,3)4)7-14-6-8(13)5-12/h5,9,14H,6-7H2,1-4H3. The van der Waals surface area contributed by atoms with Crippen molar-refractivity contribution in [1.29, 1.82) is 0 Å². The SMILES string of the molecule is CC1(C)C(CNCC(Cl)=CCl)C1(C)C. The summed E-state index contributed by atoms with van der Waals surface area (Å²) in [6.07, 6.45) is 0. The highest BCUT2D eigenvalue weighted by Gasteiger charge is 2.63. The van der Waals surface area contributed by atoms with Crippen LogP contribution in [-0.2, 0) is 0 Å². The molecule has 3 heteroatoms. The molecule has 0 bridgehead atoms. The number of hydrogen-bond donors (Lipinski definition) is 1. The van der Waals surface area contributed by atoms with Gasteiger partial charge in [-0.05, 0) is 23.3 Å². The second-order valence-corrected chi connectivity index (χ2v) is 5.89. The highest BCUT2D eigenvalue weighted by atomic mass is 35.5. The van der Waals surface area contributed by atoms with E-state index < -0.39 is 0 Å². The van der Waals surface area contributed by atoms with E-state index >= 15 is 0 Å². The summed E-state index contributed by atoms with van der Waals surface area (Å²) in [6, 6.07) is 0. The van der Waals surface area contributed by atoms with Crippen LogP contribution in [0.5, 0.6) is 0 Å². The van der Waals surface area contributed by atoms with Gasteiger partial charge in [-0.3, -0.25) is 0 Å². The molecule has 0 spiro atoms. The maximum atomic E-state index is 5.78. The minimum atomic E-state index is 0.442. The molecule has 0 aromatic heterocycles. The zero-order valence-electron chi connectivity index (χ0n) is 9.32. The number of hydrogen-bond acceptors (Lipinski definition) is 1. The van der Waals surface area contributed by atoms with Gasteiger partial charge in [-0.1, -0.05) is 50.9 Å². The fraction of sp³-hybridized carbons (Fsp3) is 0.818. The van der Waals surface area contributed by atoms with E-state index in [0.717, 1.165) is 12.5 Å². The Morgan fingerprint density at radius 1 is 1.29 bits per heavy atom. The Balaban J connectivity index is 2.29. The molecule has 14 heavy (non-hydrogen) atoms. The fourth-order valence-electron chi connectivity index (χ4n) is 2.22. The Kier molecular flexibility index (Phi) is 3.56. The Morgan fingerprint density at radius 3 is 2.14 bits per heavy atom. The minimum Gasteiger partial charge on any atom is -0.311 e. The molecule has 1 nitrogen and oxygen atoms in total. The lowest BCUT2D eigenvalue weighted by molar-refractivity contribution is 0.457. The number of nitrogens with one attached hydrogen (secondary N) is 1. The number of rotatable bonds is 4. The molecule has 0 unspecified atom stereocenters. The van der Waals surface area contributed by atoms with Gasteiger partial charge in [0.05, 0.1) is 0 Å². The van der Waals surface area contributed by atoms with Crippen molar-refractivity contribution in [3.63, 3.8) is 0 Å². The summed E-state index contributed by atoms with van der Waals surface area (Å²) >= 11 is 11.2. The Morgan fingerprint density at radius 2 is 1.79 bits per heavy atom. The largest absolute Gasteiger partial charge is 0.311 e. The summed E-state index contributed by atoms with van der Waals surface area (Å²) in [5.41, 5.74) is 2.30. The summed E-state index contributed by atoms with van der Waals surface area (Å²) in [6.45, 7) is 11.0. The molecule has 0 saturated heterocycles. The highest BCUT2D eigenvalue weighted by Crippen LogP contribution is 2.67. The van der Waals surface area contributed by atoms with E-state index in [4.69, 9.17) is 23.2 Å². The molecule has 1 rings (SSSR count). The van der Waals surface area contributed by atoms with Crippen LogP contribution in [-0.4, -0.2) is 13.1 Å². The molecule has 0 aliphatic heterocycles. The van der Waals surface area contributed by atoms with E-state index in [-0.39, 0.29) is 0 Å². The van der Waals surface area contributed by atoms with Gasteiger partial charge < -0.3 is 5.32 Å². The Bertz CT molecular complexity index is 230.